The van der Waals surface area contributed by atoms with Crippen LogP contribution in [-0.4, -0.2) is 16.8 Å². The van der Waals surface area contributed by atoms with E-state index < -0.39 is 0 Å². The van der Waals surface area contributed by atoms with Crippen LogP contribution in [0.1, 0.15) is 29.6 Å². The fourth-order valence-corrected chi connectivity index (χ4v) is 2.16. The molecule has 1 atom stereocenters. The highest BCUT2D eigenvalue weighted by Crippen LogP contribution is 2.32. The molecule has 0 fully saturated rings. The van der Waals surface area contributed by atoms with Crippen molar-refractivity contribution in [3.05, 3.63) is 29.7 Å². The Bertz CT molecular complexity index is 568. The van der Waals surface area contributed by atoms with Crippen LogP contribution >= 0.6 is 15.9 Å². The summed E-state index contributed by atoms with van der Waals surface area (Å²) in [5, 5.41) is 8.16. The number of hydrogen-bond acceptors (Lipinski definition) is 4. The fraction of sp³-hybridized carbons (Fsp3) is 0.385. The molecule has 0 amide bonds. The maximum absolute atomic E-state index is 5.67. The van der Waals surface area contributed by atoms with E-state index in [1.807, 2.05) is 12.1 Å². The van der Waals surface area contributed by atoms with Crippen LogP contribution in [0.5, 0.6) is 5.75 Å². The molecule has 1 aromatic heterocycles. The van der Waals surface area contributed by atoms with Crippen LogP contribution in [0.4, 0.5) is 0 Å². The lowest BCUT2D eigenvalue weighted by atomic mass is 10.1. The molecule has 2 heterocycles. The molecule has 2 aromatic rings. The maximum atomic E-state index is 5.67. The molecule has 0 saturated carbocycles. The zero-order chi connectivity index (χ0) is 12.5. The van der Waals surface area contributed by atoms with Gasteiger partial charge in [-0.2, -0.15) is 0 Å². The first-order chi connectivity index (χ1) is 8.78. The molecule has 1 aliphatic heterocycles. The molecular weight excluding hydrogens is 296 g/mol. The Kier molecular flexibility index (Phi) is 3.07. The number of alkyl halides is 1. The van der Waals surface area contributed by atoms with Crippen LogP contribution < -0.4 is 4.74 Å². The number of rotatable bonds is 3. The molecular formula is C13H13BrN2O2. The van der Waals surface area contributed by atoms with E-state index in [4.69, 9.17) is 9.15 Å². The second-order valence-electron chi connectivity index (χ2n) is 4.24. The predicted molar refractivity (Wildman–Crippen MR) is 70.9 cm³/mol. The minimum atomic E-state index is 0.122. The van der Waals surface area contributed by atoms with Gasteiger partial charge in [-0.3, -0.25) is 0 Å². The first kappa shape index (κ1) is 11.7. The van der Waals surface area contributed by atoms with Crippen molar-refractivity contribution in [1.29, 1.82) is 0 Å². The molecule has 94 valence electrons. The van der Waals surface area contributed by atoms with Crippen molar-refractivity contribution in [2.45, 2.75) is 24.6 Å². The molecule has 3 rings (SSSR count). The van der Waals surface area contributed by atoms with E-state index in [2.05, 4.69) is 39.1 Å². The van der Waals surface area contributed by atoms with Crippen molar-refractivity contribution >= 4 is 15.9 Å². The van der Waals surface area contributed by atoms with Crippen LogP contribution in [0.15, 0.2) is 22.6 Å². The molecule has 0 bridgehead atoms. The van der Waals surface area contributed by atoms with Crippen molar-refractivity contribution < 1.29 is 9.15 Å². The third-order valence-electron chi connectivity index (χ3n) is 3.00. The van der Waals surface area contributed by atoms with Gasteiger partial charge in [0.2, 0.25) is 11.8 Å². The topological polar surface area (TPSA) is 48.2 Å². The summed E-state index contributed by atoms with van der Waals surface area (Å²) in [6.45, 7) is 2.82. The summed E-state index contributed by atoms with van der Waals surface area (Å²) in [5.41, 5.74) is 2.16. The van der Waals surface area contributed by atoms with Gasteiger partial charge in [0.15, 0.2) is 0 Å². The van der Waals surface area contributed by atoms with Gasteiger partial charge in [-0.05, 0) is 30.2 Å². The van der Waals surface area contributed by atoms with E-state index >= 15 is 0 Å². The van der Waals surface area contributed by atoms with Gasteiger partial charge in [0.25, 0.3) is 0 Å². The van der Waals surface area contributed by atoms with Crippen molar-refractivity contribution in [2.24, 2.45) is 0 Å². The molecule has 0 spiro atoms. The van der Waals surface area contributed by atoms with Crippen molar-refractivity contribution in [3.63, 3.8) is 0 Å². The summed E-state index contributed by atoms with van der Waals surface area (Å²) in [6.07, 6.45) is 1.86. The number of ether oxygens (including phenoxy) is 1. The van der Waals surface area contributed by atoms with Crippen molar-refractivity contribution in [3.8, 4) is 17.2 Å². The third kappa shape index (κ3) is 2.03. The molecule has 4 nitrogen and oxygen atoms in total. The summed E-state index contributed by atoms with van der Waals surface area (Å²) in [7, 11) is 0. The van der Waals surface area contributed by atoms with Crippen LogP contribution in [0.25, 0.3) is 11.5 Å². The molecule has 1 aromatic carbocycles. The average molecular weight is 309 g/mol. The molecule has 1 unspecified atom stereocenters. The quantitative estimate of drug-likeness (QED) is 0.814. The Hall–Kier alpha value is -1.36. The second kappa shape index (κ2) is 4.72. The first-order valence-electron chi connectivity index (χ1n) is 6.01. The van der Waals surface area contributed by atoms with Crippen molar-refractivity contribution in [1.82, 2.24) is 10.2 Å². The average Bonchev–Trinajstić information content (AvgIpc) is 3.05. The SMILES string of the molecule is CCC(Br)c1nnc(-c2ccc3c(c2)CCO3)o1. The van der Waals surface area contributed by atoms with E-state index in [1.54, 1.807) is 0 Å². The normalized spacial score (nSPS) is 15.2. The van der Waals surface area contributed by atoms with E-state index in [0.29, 0.717) is 11.8 Å². The van der Waals surface area contributed by atoms with Gasteiger partial charge >= 0.3 is 0 Å². The number of hydrogen-bond donors (Lipinski definition) is 0. The van der Waals surface area contributed by atoms with E-state index in [0.717, 1.165) is 30.8 Å². The molecule has 0 radical (unpaired) electrons. The third-order valence-corrected chi connectivity index (χ3v) is 4.04. The van der Waals surface area contributed by atoms with E-state index in [1.165, 1.54) is 5.56 Å². The van der Waals surface area contributed by atoms with E-state index in [-0.39, 0.29) is 4.83 Å². The fourth-order valence-electron chi connectivity index (χ4n) is 1.97. The van der Waals surface area contributed by atoms with Gasteiger partial charge in [-0.25, -0.2) is 0 Å². The van der Waals surface area contributed by atoms with Gasteiger partial charge in [-0.1, -0.05) is 22.9 Å². The number of benzene rings is 1. The van der Waals surface area contributed by atoms with Gasteiger partial charge in [0.05, 0.1) is 11.4 Å². The zero-order valence-electron chi connectivity index (χ0n) is 10.0. The minimum Gasteiger partial charge on any atom is -0.493 e. The van der Waals surface area contributed by atoms with Gasteiger partial charge in [0, 0.05) is 12.0 Å². The summed E-state index contributed by atoms with van der Waals surface area (Å²) in [4.78, 5) is 0.122. The molecule has 5 heteroatoms. The first-order valence-corrected chi connectivity index (χ1v) is 6.93. The molecule has 18 heavy (non-hydrogen) atoms. The standard InChI is InChI=1S/C13H13BrN2O2/c1-2-10(14)13-16-15-12(18-13)9-3-4-11-8(7-9)5-6-17-11/h3-4,7,10H,2,5-6H2,1H3. The van der Waals surface area contributed by atoms with Gasteiger partial charge in [-0.15, -0.1) is 10.2 Å². The number of fused-ring (bicyclic) bond motifs is 1. The summed E-state index contributed by atoms with van der Waals surface area (Å²) < 4.78 is 11.1. The highest BCUT2D eigenvalue weighted by molar-refractivity contribution is 9.09. The lowest BCUT2D eigenvalue weighted by Crippen LogP contribution is -1.86. The Morgan fingerprint density at radius 3 is 3.11 bits per heavy atom. The van der Waals surface area contributed by atoms with Crippen LogP contribution in [0.3, 0.4) is 0 Å². The summed E-state index contributed by atoms with van der Waals surface area (Å²) >= 11 is 3.50. The van der Waals surface area contributed by atoms with Gasteiger partial charge < -0.3 is 9.15 Å². The zero-order valence-corrected chi connectivity index (χ0v) is 11.6. The Balaban J connectivity index is 1.92. The lowest BCUT2D eigenvalue weighted by molar-refractivity contribution is 0.357. The molecule has 1 aliphatic rings. The van der Waals surface area contributed by atoms with E-state index in [9.17, 15) is 0 Å². The summed E-state index contributed by atoms with van der Waals surface area (Å²) in [5.74, 6) is 2.16. The smallest absolute Gasteiger partial charge is 0.247 e. The maximum Gasteiger partial charge on any atom is 0.247 e. The number of halogens is 1. The number of nitrogens with zero attached hydrogens (tertiary/aromatic N) is 2. The Morgan fingerprint density at radius 1 is 1.39 bits per heavy atom. The second-order valence-corrected chi connectivity index (χ2v) is 5.35. The van der Waals surface area contributed by atoms with Crippen LogP contribution in [0.2, 0.25) is 0 Å². The molecule has 0 saturated heterocycles. The molecule has 0 N–H and O–H groups in total. The Labute approximate surface area is 113 Å². The highest BCUT2D eigenvalue weighted by atomic mass is 79.9. The molecule has 0 aliphatic carbocycles. The monoisotopic (exact) mass is 308 g/mol. The Morgan fingerprint density at radius 2 is 2.28 bits per heavy atom. The minimum absolute atomic E-state index is 0.122. The van der Waals surface area contributed by atoms with Gasteiger partial charge in [0.1, 0.15) is 5.75 Å². The van der Waals surface area contributed by atoms with Crippen LogP contribution in [0, 0.1) is 0 Å². The lowest BCUT2D eigenvalue weighted by Gasteiger charge is -2.00. The predicted octanol–water partition coefficient (Wildman–Crippen LogP) is 3.52. The summed E-state index contributed by atoms with van der Waals surface area (Å²) in [6, 6.07) is 5.98. The largest absolute Gasteiger partial charge is 0.493 e. The highest BCUT2D eigenvalue weighted by Gasteiger charge is 2.17. The number of aromatic nitrogens is 2. The van der Waals surface area contributed by atoms with Crippen molar-refractivity contribution in [2.75, 3.05) is 6.61 Å². The van der Waals surface area contributed by atoms with Crippen LogP contribution in [-0.2, 0) is 6.42 Å².